The third-order valence-corrected chi connectivity index (χ3v) is 16.0. The lowest BCUT2D eigenvalue weighted by atomic mass is 9.69. The highest BCUT2D eigenvalue weighted by molar-refractivity contribution is 6.80. The summed E-state index contributed by atoms with van der Waals surface area (Å²) in [6, 6.07) is 1.87. The van der Waals surface area contributed by atoms with Gasteiger partial charge in [-0.15, -0.1) is 0 Å². The van der Waals surface area contributed by atoms with Gasteiger partial charge in [0.1, 0.15) is 0 Å². The quantitative estimate of drug-likeness (QED) is 0.470. The van der Waals surface area contributed by atoms with Crippen LogP contribution in [0.1, 0.15) is 78.1 Å². The highest BCUT2D eigenvalue weighted by atomic mass is 28.3. The minimum atomic E-state index is -1.21. The normalized spacial score (nSPS) is 51.2. The van der Waals surface area contributed by atoms with E-state index in [1.165, 1.54) is 32.1 Å². The van der Waals surface area contributed by atoms with Crippen LogP contribution < -0.4 is 0 Å². The molecule has 5 rings (SSSR count). The zero-order valence-corrected chi connectivity index (χ0v) is 19.8. The number of hydrogen-bond acceptors (Lipinski definition) is 1. The van der Waals surface area contributed by atoms with E-state index in [1.54, 1.807) is 32.1 Å². The molecule has 0 N–H and O–H groups in total. The minimum Gasteiger partial charge on any atom is -0.299 e. The number of nitrogens with zero attached hydrogens (tertiary/aromatic N) is 1. The summed E-state index contributed by atoms with van der Waals surface area (Å²) in [6.45, 7) is 10.9. The molecule has 9 atom stereocenters. The Morgan fingerprint density at radius 2 is 1.37 bits per heavy atom. The topological polar surface area (TPSA) is 3.24 Å². The number of likely N-dealkylation sites (tertiary alicyclic amines) is 1. The van der Waals surface area contributed by atoms with Gasteiger partial charge in [0.2, 0.25) is 0 Å². The Kier molecular flexibility index (Phi) is 4.87. The van der Waals surface area contributed by atoms with E-state index in [-0.39, 0.29) is 0 Å². The van der Waals surface area contributed by atoms with Gasteiger partial charge in [-0.2, -0.15) is 0 Å². The Labute approximate surface area is 170 Å². The molecule has 0 aromatic carbocycles. The molecule has 0 aromatic rings. The molecule has 0 radical (unpaired) electrons. The fraction of sp³-hybridized carbons (Fsp3) is 1.00. The average molecular weight is 388 g/mol. The molecule has 27 heavy (non-hydrogen) atoms. The van der Waals surface area contributed by atoms with E-state index in [0.717, 1.165) is 58.7 Å². The molecule has 5 fully saturated rings. The van der Waals surface area contributed by atoms with Gasteiger partial charge in [-0.1, -0.05) is 71.9 Å². The van der Waals surface area contributed by atoms with Crippen LogP contribution in [0.2, 0.25) is 24.2 Å². The van der Waals surface area contributed by atoms with Crippen molar-refractivity contribution in [2.45, 2.75) is 114 Å². The summed E-state index contributed by atoms with van der Waals surface area (Å²) in [5.41, 5.74) is 2.29. The molecule has 1 aliphatic heterocycles. The molecule has 154 valence electrons. The lowest BCUT2D eigenvalue weighted by Crippen LogP contribution is -2.47. The second kappa shape index (κ2) is 6.86. The van der Waals surface area contributed by atoms with E-state index < -0.39 is 8.07 Å². The highest BCUT2D eigenvalue weighted by Crippen LogP contribution is 2.67. The second-order valence-electron chi connectivity index (χ2n) is 12.4. The van der Waals surface area contributed by atoms with Crippen molar-refractivity contribution in [3.63, 3.8) is 0 Å². The summed E-state index contributed by atoms with van der Waals surface area (Å²) in [5.74, 6) is 6.15. The van der Waals surface area contributed by atoms with Crippen LogP contribution in [0.3, 0.4) is 0 Å². The third-order valence-electron chi connectivity index (χ3n) is 10.8. The summed E-state index contributed by atoms with van der Waals surface area (Å²) in [4.78, 5) is 2.99. The van der Waals surface area contributed by atoms with Crippen LogP contribution in [0.5, 0.6) is 0 Å². The maximum atomic E-state index is 2.99. The van der Waals surface area contributed by atoms with Crippen LogP contribution in [0.4, 0.5) is 0 Å². The first-order chi connectivity index (χ1) is 12.9. The van der Waals surface area contributed by atoms with Crippen LogP contribution in [-0.4, -0.2) is 32.1 Å². The van der Waals surface area contributed by atoms with E-state index in [1.807, 2.05) is 0 Å². The van der Waals surface area contributed by atoms with Crippen LogP contribution in [0, 0.1) is 35.5 Å². The summed E-state index contributed by atoms with van der Waals surface area (Å²) in [5, 5.41) is 0. The van der Waals surface area contributed by atoms with Crippen molar-refractivity contribution in [2.75, 3.05) is 7.05 Å². The van der Waals surface area contributed by atoms with Crippen LogP contribution >= 0.6 is 0 Å². The second-order valence-corrected chi connectivity index (χ2v) is 17.5. The molecular weight excluding hydrogens is 342 g/mol. The maximum Gasteiger partial charge on any atom is 0.0542 e. The predicted octanol–water partition coefficient (Wildman–Crippen LogP) is 6.81. The SMILES string of the molecule is CC1CC(C)C2C(C1)C1C(C3CCCCC3C1[Si](C)(C)C1CCCC1)N2C. The molecular formula is C25H45NSi. The molecule has 1 saturated heterocycles. The Balaban J connectivity index is 1.55. The minimum absolute atomic E-state index is 0.912. The van der Waals surface area contributed by atoms with Crippen LogP contribution in [-0.2, 0) is 0 Å². The molecule has 9 unspecified atom stereocenters. The smallest absolute Gasteiger partial charge is 0.0542 e. The van der Waals surface area contributed by atoms with Gasteiger partial charge in [0.05, 0.1) is 8.07 Å². The molecule has 0 bridgehead atoms. The van der Waals surface area contributed by atoms with Gasteiger partial charge in [-0.25, -0.2) is 0 Å². The van der Waals surface area contributed by atoms with Crippen molar-refractivity contribution in [3.05, 3.63) is 0 Å². The van der Waals surface area contributed by atoms with Crippen LogP contribution in [0.25, 0.3) is 0 Å². The molecule has 0 spiro atoms. The Morgan fingerprint density at radius 1 is 0.741 bits per heavy atom. The fourth-order valence-corrected chi connectivity index (χ4v) is 15.5. The first kappa shape index (κ1) is 19.2. The Bertz CT molecular complexity index is 553. The lowest BCUT2D eigenvalue weighted by molar-refractivity contribution is 0.0727. The van der Waals surface area contributed by atoms with Crippen molar-refractivity contribution in [2.24, 2.45) is 35.5 Å². The summed E-state index contributed by atoms with van der Waals surface area (Å²) >= 11 is 0. The standard InChI is InChI=1S/C25H45NSi/c1-16-14-17(2)23-21(15-16)22-24(26(23)3)19-12-8-9-13-20(19)25(22)27(4,5)18-10-6-7-11-18/h16-25H,6-15H2,1-5H3. The Morgan fingerprint density at radius 3 is 2.07 bits per heavy atom. The number of fused-ring (bicyclic) bond motifs is 5. The first-order valence-corrected chi connectivity index (χ1v) is 15.8. The van der Waals surface area contributed by atoms with E-state index in [9.17, 15) is 0 Å². The molecule has 1 nitrogen and oxygen atoms in total. The van der Waals surface area contributed by atoms with E-state index in [0.29, 0.717) is 0 Å². The molecule has 1 heterocycles. The van der Waals surface area contributed by atoms with Gasteiger partial charge < -0.3 is 0 Å². The zero-order chi connectivity index (χ0) is 18.9. The van der Waals surface area contributed by atoms with Gasteiger partial charge in [-0.05, 0) is 72.9 Å². The van der Waals surface area contributed by atoms with Crippen molar-refractivity contribution >= 4 is 8.07 Å². The van der Waals surface area contributed by atoms with Crippen molar-refractivity contribution < 1.29 is 0 Å². The molecule has 5 aliphatic rings. The summed E-state index contributed by atoms with van der Waals surface area (Å²) < 4.78 is 0. The van der Waals surface area contributed by atoms with Crippen LogP contribution in [0.15, 0.2) is 0 Å². The fourth-order valence-electron chi connectivity index (χ4n) is 10.1. The number of rotatable bonds is 2. The van der Waals surface area contributed by atoms with E-state index in [4.69, 9.17) is 0 Å². The maximum absolute atomic E-state index is 2.99. The lowest BCUT2D eigenvalue weighted by Gasteiger charge is -2.48. The van der Waals surface area contributed by atoms with Crippen molar-refractivity contribution in [3.8, 4) is 0 Å². The predicted molar refractivity (Wildman–Crippen MR) is 119 cm³/mol. The van der Waals surface area contributed by atoms with Gasteiger partial charge in [0.25, 0.3) is 0 Å². The zero-order valence-electron chi connectivity index (χ0n) is 18.8. The van der Waals surface area contributed by atoms with Gasteiger partial charge in [0.15, 0.2) is 0 Å². The highest BCUT2D eigenvalue weighted by Gasteiger charge is 2.65. The van der Waals surface area contributed by atoms with Gasteiger partial charge in [0, 0.05) is 12.1 Å². The summed E-state index contributed by atoms with van der Waals surface area (Å²) in [7, 11) is 1.35. The largest absolute Gasteiger partial charge is 0.299 e. The van der Waals surface area contributed by atoms with Crippen molar-refractivity contribution in [1.82, 2.24) is 4.90 Å². The molecule has 0 amide bonds. The van der Waals surface area contributed by atoms with Gasteiger partial charge >= 0.3 is 0 Å². The number of hydrogen-bond donors (Lipinski definition) is 0. The van der Waals surface area contributed by atoms with Crippen molar-refractivity contribution in [1.29, 1.82) is 0 Å². The molecule has 4 aliphatic carbocycles. The third kappa shape index (κ3) is 2.78. The summed E-state index contributed by atoms with van der Waals surface area (Å²) in [6.07, 6.45) is 15.5. The van der Waals surface area contributed by atoms with E-state index >= 15 is 0 Å². The van der Waals surface area contributed by atoms with Gasteiger partial charge in [-0.3, -0.25) is 4.90 Å². The monoisotopic (exact) mass is 387 g/mol. The molecule has 4 saturated carbocycles. The van der Waals surface area contributed by atoms with E-state index in [2.05, 4.69) is 38.9 Å². The molecule has 0 aromatic heterocycles. The molecule has 2 heteroatoms. The first-order valence-electron chi connectivity index (χ1n) is 12.6. The average Bonchev–Trinajstić information content (AvgIpc) is 3.31. The Hall–Kier alpha value is 0.177.